The monoisotopic (exact) mass is 264 g/mol. The molecule has 0 radical (unpaired) electrons. The van der Waals surface area contributed by atoms with Gasteiger partial charge in [0.15, 0.2) is 0 Å². The third-order valence-corrected chi connectivity index (χ3v) is 4.52. The Morgan fingerprint density at radius 1 is 1.47 bits per heavy atom. The summed E-state index contributed by atoms with van der Waals surface area (Å²) in [5.74, 6) is 1.49. The normalized spacial score (nSPS) is 32.6. The molecule has 1 amide bonds. The van der Waals surface area contributed by atoms with Gasteiger partial charge in [-0.15, -0.1) is 0 Å². The lowest BCUT2D eigenvalue weighted by Crippen LogP contribution is -2.64. The lowest BCUT2D eigenvalue weighted by Gasteiger charge is -2.46. The van der Waals surface area contributed by atoms with E-state index in [1.54, 1.807) is 0 Å². The van der Waals surface area contributed by atoms with E-state index in [2.05, 4.69) is 43.1 Å². The summed E-state index contributed by atoms with van der Waals surface area (Å²) >= 11 is 0. The van der Waals surface area contributed by atoms with Crippen LogP contribution in [0.25, 0.3) is 0 Å². The minimum Gasteiger partial charge on any atom is -0.353 e. The standard InChI is InChI=1S/C16H28N2O/c1-13(2)11-16(3)15(19)17-9-10-18(16)12-14-7-5-4-6-8-14/h4-5,13-14H,6-12H2,1-3H3,(H,17,19). The molecule has 1 saturated heterocycles. The predicted octanol–water partition coefficient (Wildman–Crippen LogP) is 2.58. The number of hydrogen-bond donors (Lipinski definition) is 1. The number of hydrogen-bond acceptors (Lipinski definition) is 2. The van der Waals surface area contributed by atoms with Gasteiger partial charge in [-0.25, -0.2) is 0 Å². The minimum atomic E-state index is -0.312. The molecule has 2 unspecified atom stereocenters. The molecule has 0 saturated carbocycles. The highest BCUT2D eigenvalue weighted by Gasteiger charge is 2.42. The van der Waals surface area contributed by atoms with E-state index in [-0.39, 0.29) is 11.4 Å². The summed E-state index contributed by atoms with van der Waals surface area (Å²) in [5, 5.41) is 3.05. The van der Waals surface area contributed by atoms with Crippen molar-refractivity contribution < 1.29 is 4.79 Å². The zero-order chi connectivity index (χ0) is 13.9. The SMILES string of the molecule is CC(C)CC1(C)C(=O)NCCN1CC1CC=CCC1. The summed E-state index contributed by atoms with van der Waals surface area (Å²) in [6.45, 7) is 9.40. The third kappa shape index (κ3) is 3.38. The van der Waals surface area contributed by atoms with Crippen molar-refractivity contribution in [2.45, 2.75) is 52.0 Å². The Hall–Kier alpha value is -0.830. The molecule has 108 valence electrons. The molecule has 0 spiro atoms. The van der Waals surface area contributed by atoms with Crippen LogP contribution in [0.15, 0.2) is 12.2 Å². The Morgan fingerprint density at radius 2 is 2.26 bits per heavy atom. The fourth-order valence-corrected chi connectivity index (χ4v) is 3.53. The van der Waals surface area contributed by atoms with Crippen LogP contribution in [0.4, 0.5) is 0 Å². The maximum atomic E-state index is 12.3. The van der Waals surface area contributed by atoms with Gasteiger partial charge in [-0.2, -0.15) is 0 Å². The molecule has 1 N–H and O–H groups in total. The van der Waals surface area contributed by atoms with Crippen LogP contribution in [0.1, 0.15) is 46.5 Å². The Balaban J connectivity index is 2.06. The van der Waals surface area contributed by atoms with Crippen molar-refractivity contribution in [1.82, 2.24) is 10.2 Å². The van der Waals surface area contributed by atoms with Gasteiger partial charge in [0.05, 0.1) is 5.54 Å². The van der Waals surface area contributed by atoms with Gasteiger partial charge >= 0.3 is 0 Å². The quantitative estimate of drug-likeness (QED) is 0.792. The molecular formula is C16H28N2O. The lowest BCUT2D eigenvalue weighted by atomic mass is 9.84. The van der Waals surface area contributed by atoms with Crippen molar-refractivity contribution in [2.24, 2.45) is 11.8 Å². The van der Waals surface area contributed by atoms with Crippen molar-refractivity contribution in [1.29, 1.82) is 0 Å². The number of nitrogens with one attached hydrogen (secondary N) is 1. The lowest BCUT2D eigenvalue weighted by molar-refractivity contribution is -0.138. The van der Waals surface area contributed by atoms with Gasteiger partial charge in [0.25, 0.3) is 0 Å². The zero-order valence-corrected chi connectivity index (χ0v) is 12.6. The van der Waals surface area contributed by atoms with Gasteiger partial charge in [-0.05, 0) is 44.4 Å². The molecule has 3 nitrogen and oxygen atoms in total. The van der Waals surface area contributed by atoms with Crippen LogP contribution in [0, 0.1) is 11.8 Å². The number of piperazine rings is 1. The van der Waals surface area contributed by atoms with E-state index in [4.69, 9.17) is 0 Å². The topological polar surface area (TPSA) is 32.3 Å². The Labute approximate surface area is 117 Å². The summed E-state index contributed by atoms with van der Waals surface area (Å²) < 4.78 is 0. The summed E-state index contributed by atoms with van der Waals surface area (Å²) in [6.07, 6.45) is 9.18. The third-order valence-electron chi connectivity index (χ3n) is 4.52. The summed E-state index contributed by atoms with van der Waals surface area (Å²) in [7, 11) is 0. The number of carbonyl (C=O) groups is 1. The minimum absolute atomic E-state index is 0.221. The Kier molecular flexibility index (Phi) is 4.67. The Morgan fingerprint density at radius 3 is 2.89 bits per heavy atom. The van der Waals surface area contributed by atoms with Crippen LogP contribution >= 0.6 is 0 Å². The van der Waals surface area contributed by atoms with Crippen molar-refractivity contribution in [3.63, 3.8) is 0 Å². The van der Waals surface area contributed by atoms with Crippen LogP contribution in [0.3, 0.4) is 0 Å². The van der Waals surface area contributed by atoms with Crippen LogP contribution in [-0.4, -0.2) is 36.0 Å². The summed E-state index contributed by atoms with van der Waals surface area (Å²) in [4.78, 5) is 14.8. The first-order chi connectivity index (χ1) is 9.02. The highest BCUT2D eigenvalue weighted by atomic mass is 16.2. The number of allylic oxidation sites excluding steroid dienone is 2. The van der Waals surface area contributed by atoms with E-state index in [0.717, 1.165) is 32.0 Å². The molecule has 2 atom stereocenters. The molecule has 19 heavy (non-hydrogen) atoms. The fourth-order valence-electron chi connectivity index (χ4n) is 3.53. The van der Waals surface area contributed by atoms with Crippen molar-refractivity contribution >= 4 is 5.91 Å². The van der Waals surface area contributed by atoms with Crippen molar-refractivity contribution in [2.75, 3.05) is 19.6 Å². The fraction of sp³-hybridized carbons (Fsp3) is 0.812. The van der Waals surface area contributed by atoms with E-state index in [1.807, 2.05) is 0 Å². The highest BCUT2D eigenvalue weighted by Crippen LogP contribution is 2.29. The van der Waals surface area contributed by atoms with Crippen LogP contribution < -0.4 is 5.32 Å². The van der Waals surface area contributed by atoms with Gasteiger partial charge in [-0.3, -0.25) is 9.69 Å². The van der Waals surface area contributed by atoms with Crippen LogP contribution in [0.5, 0.6) is 0 Å². The van der Waals surface area contributed by atoms with Crippen LogP contribution in [0.2, 0.25) is 0 Å². The first kappa shape index (κ1) is 14.6. The number of nitrogens with zero attached hydrogens (tertiary/aromatic N) is 1. The van der Waals surface area contributed by atoms with Crippen LogP contribution in [-0.2, 0) is 4.79 Å². The van der Waals surface area contributed by atoms with E-state index in [0.29, 0.717) is 5.92 Å². The number of amides is 1. The molecule has 1 aliphatic heterocycles. The van der Waals surface area contributed by atoms with Gasteiger partial charge in [0, 0.05) is 19.6 Å². The molecule has 1 aliphatic carbocycles. The van der Waals surface area contributed by atoms with Gasteiger partial charge in [0.1, 0.15) is 0 Å². The molecule has 0 aromatic rings. The molecule has 0 bridgehead atoms. The maximum Gasteiger partial charge on any atom is 0.240 e. The summed E-state index contributed by atoms with van der Waals surface area (Å²) in [5.41, 5.74) is -0.312. The largest absolute Gasteiger partial charge is 0.353 e. The predicted molar refractivity (Wildman–Crippen MR) is 78.9 cm³/mol. The average molecular weight is 264 g/mol. The van der Waals surface area contributed by atoms with Gasteiger partial charge in [-0.1, -0.05) is 26.0 Å². The number of carbonyl (C=O) groups excluding carboxylic acids is 1. The molecular weight excluding hydrogens is 236 g/mol. The van der Waals surface area contributed by atoms with E-state index >= 15 is 0 Å². The molecule has 1 heterocycles. The second-order valence-corrected chi connectivity index (χ2v) is 6.72. The first-order valence-electron chi connectivity index (χ1n) is 7.70. The molecule has 3 heteroatoms. The van der Waals surface area contributed by atoms with Gasteiger partial charge in [0.2, 0.25) is 5.91 Å². The van der Waals surface area contributed by atoms with E-state index in [9.17, 15) is 4.79 Å². The molecule has 0 aromatic heterocycles. The van der Waals surface area contributed by atoms with Crippen molar-refractivity contribution in [3.05, 3.63) is 12.2 Å². The summed E-state index contributed by atoms with van der Waals surface area (Å²) in [6, 6.07) is 0. The van der Waals surface area contributed by atoms with Gasteiger partial charge < -0.3 is 5.32 Å². The first-order valence-corrected chi connectivity index (χ1v) is 7.70. The maximum absolute atomic E-state index is 12.3. The average Bonchev–Trinajstić information content (AvgIpc) is 2.36. The second kappa shape index (κ2) is 6.08. The Bertz CT molecular complexity index is 351. The highest BCUT2D eigenvalue weighted by molar-refractivity contribution is 5.86. The molecule has 1 fully saturated rings. The van der Waals surface area contributed by atoms with E-state index in [1.165, 1.54) is 19.3 Å². The molecule has 0 aromatic carbocycles. The zero-order valence-electron chi connectivity index (χ0n) is 12.6. The smallest absolute Gasteiger partial charge is 0.240 e. The van der Waals surface area contributed by atoms with Crippen molar-refractivity contribution in [3.8, 4) is 0 Å². The number of rotatable bonds is 4. The van der Waals surface area contributed by atoms with E-state index < -0.39 is 0 Å². The molecule has 2 aliphatic rings. The second-order valence-electron chi connectivity index (χ2n) is 6.72. The molecule has 2 rings (SSSR count).